The van der Waals surface area contributed by atoms with E-state index in [1.165, 1.54) is 0 Å². The van der Waals surface area contributed by atoms with Gasteiger partial charge in [-0.15, -0.1) is 0 Å². The molecule has 0 fully saturated rings. The van der Waals surface area contributed by atoms with Crippen LogP contribution in [0.25, 0.3) is 0 Å². The summed E-state index contributed by atoms with van der Waals surface area (Å²) in [7, 11) is -1.24. The third kappa shape index (κ3) is 4.94. The van der Waals surface area contributed by atoms with E-state index in [9.17, 15) is 17.4 Å². The molecular weight excluding hydrogens is 327 g/mol. The molecule has 3 nitrogen and oxygen atoms in total. The quantitative estimate of drug-likeness (QED) is 0.890. The van der Waals surface area contributed by atoms with Gasteiger partial charge in [0.05, 0.1) is 15.7 Å². The standard InChI is InChI=1S/C16H22F3NO2S/c1-15(2,3)23(21)20-13-8-4-7-12-11(13)6-5-9-14(12)22-10-16(17,18)19/h5-6,9,13,20H,4,7-8,10H2,1-3H3/t13-,23-/m1/s1. The van der Waals surface area contributed by atoms with Crippen molar-refractivity contribution in [2.45, 2.75) is 57.0 Å². The van der Waals surface area contributed by atoms with Crippen molar-refractivity contribution in [2.24, 2.45) is 0 Å². The minimum atomic E-state index is -4.36. The van der Waals surface area contributed by atoms with E-state index in [1.54, 1.807) is 12.1 Å². The van der Waals surface area contributed by atoms with Gasteiger partial charge in [-0.05, 0) is 57.2 Å². The van der Waals surface area contributed by atoms with Crippen molar-refractivity contribution in [3.63, 3.8) is 0 Å². The van der Waals surface area contributed by atoms with E-state index in [4.69, 9.17) is 4.74 Å². The predicted molar refractivity (Wildman–Crippen MR) is 84.7 cm³/mol. The van der Waals surface area contributed by atoms with E-state index in [2.05, 4.69) is 4.72 Å². The summed E-state index contributed by atoms with van der Waals surface area (Å²) in [5, 5.41) is 0. The molecule has 23 heavy (non-hydrogen) atoms. The van der Waals surface area contributed by atoms with Crippen LogP contribution in [0.2, 0.25) is 0 Å². The van der Waals surface area contributed by atoms with Crippen LogP contribution in [-0.4, -0.2) is 21.7 Å². The fourth-order valence-corrected chi connectivity index (χ4v) is 3.40. The Labute approximate surface area is 137 Å². The lowest BCUT2D eigenvalue weighted by molar-refractivity contribution is -0.153. The fraction of sp³-hybridized carbons (Fsp3) is 0.625. The largest absolute Gasteiger partial charge is 0.484 e. The minimum absolute atomic E-state index is 0.131. The minimum Gasteiger partial charge on any atom is -0.484 e. The summed E-state index contributed by atoms with van der Waals surface area (Å²) in [5.41, 5.74) is 1.67. The lowest BCUT2D eigenvalue weighted by Gasteiger charge is -2.30. The average Bonchev–Trinajstić information content (AvgIpc) is 2.43. The van der Waals surface area contributed by atoms with Crippen LogP contribution in [0.3, 0.4) is 0 Å². The van der Waals surface area contributed by atoms with Crippen molar-refractivity contribution in [1.82, 2.24) is 4.72 Å². The number of halogens is 3. The first-order valence-electron chi connectivity index (χ1n) is 7.57. The van der Waals surface area contributed by atoms with E-state index in [1.807, 2.05) is 26.8 Å². The third-order valence-corrected chi connectivity index (χ3v) is 5.27. The second-order valence-electron chi connectivity index (χ2n) is 6.67. The summed E-state index contributed by atoms with van der Waals surface area (Å²) < 4.78 is 57.1. The van der Waals surface area contributed by atoms with Crippen molar-refractivity contribution in [2.75, 3.05) is 6.61 Å². The zero-order chi connectivity index (χ0) is 17.3. The Morgan fingerprint density at radius 3 is 2.61 bits per heavy atom. The maximum absolute atomic E-state index is 12.4. The molecule has 1 N–H and O–H groups in total. The number of nitrogens with one attached hydrogen (secondary N) is 1. The highest BCUT2D eigenvalue weighted by Gasteiger charge is 2.31. The van der Waals surface area contributed by atoms with Crippen molar-refractivity contribution in [1.29, 1.82) is 0 Å². The van der Waals surface area contributed by atoms with Gasteiger partial charge < -0.3 is 4.74 Å². The average molecular weight is 349 g/mol. The van der Waals surface area contributed by atoms with E-state index >= 15 is 0 Å². The number of rotatable bonds is 4. The fourth-order valence-electron chi connectivity index (χ4n) is 2.54. The number of benzene rings is 1. The number of fused-ring (bicyclic) bond motifs is 1. The molecule has 0 aromatic heterocycles. The van der Waals surface area contributed by atoms with Crippen molar-refractivity contribution >= 4 is 11.0 Å². The van der Waals surface area contributed by atoms with Gasteiger partial charge in [-0.3, -0.25) is 0 Å². The van der Waals surface area contributed by atoms with E-state index in [-0.39, 0.29) is 11.8 Å². The first kappa shape index (κ1) is 18.3. The van der Waals surface area contributed by atoms with Crippen LogP contribution >= 0.6 is 0 Å². The highest BCUT2D eigenvalue weighted by atomic mass is 32.2. The molecule has 0 bridgehead atoms. The molecule has 0 saturated carbocycles. The number of alkyl halides is 3. The van der Waals surface area contributed by atoms with E-state index in [0.717, 1.165) is 24.0 Å². The molecule has 0 saturated heterocycles. The number of ether oxygens (including phenoxy) is 1. The second-order valence-corrected chi connectivity index (χ2v) is 8.67. The van der Waals surface area contributed by atoms with Gasteiger partial charge in [-0.2, -0.15) is 13.2 Å². The maximum atomic E-state index is 12.4. The normalized spacial score (nSPS) is 20.0. The Hall–Kier alpha value is -1.08. The molecule has 7 heteroatoms. The monoisotopic (exact) mass is 349 g/mol. The summed E-state index contributed by atoms with van der Waals surface area (Å²) in [6, 6.07) is 4.98. The van der Waals surface area contributed by atoms with Crippen LogP contribution in [0.1, 0.15) is 50.8 Å². The van der Waals surface area contributed by atoms with Crippen LogP contribution < -0.4 is 9.46 Å². The SMILES string of the molecule is CC(C)(C)[S@@](=O)N[C@@H]1CCCc2c(OCC(F)(F)F)cccc21. The maximum Gasteiger partial charge on any atom is 0.422 e. The number of hydrogen-bond donors (Lipinski definition) is 1. The zero-order valence-electron chi connectivity index (χ0n) is 13.5. The predicted octanol–water partition coefficient (Wildman–Crippen LogP) is 4.06. The lowest BCUT2D eigenvalue weighted by Crippen LogP contribution is -2.37. The second kappa shape index (κ2) is 6.81. The van der Waals surface area contributed by atoms with Gasteiger partial charge in [-0.25, -0.2) is 8.93 Å². The molecule has 0 heterocycles. The zero-order valence-corrected chi connectivity index (χ0v) is 14.3. The Kier molecular flexibility index (Phi) is 5.41. The van der Waals surface area contributed by atoms with Crippen LogP contribution in [0.5, 0.6) is 5.75 Å². The van der Waals surface area contributed by atoms with Crippen molar-refractivity contribution in [3.05, 3.63) is 29.3 Å². The highest BCUT2D eigenvalue weighted by molar-refractivity contribution is 7.84. The Balaban J connectivity index is 2.21. The van der Waals surface area contributed by atoms with E-state index in [0.29, 0.717) is 6.42 Å². The van der Waals surface area contributed by atoms with Gasteiger partial charge in [0.15, 0.2) is 6.61 Å². The van der Waals surface area contributed by atoms with Gasteiger partial charge in [0.25, 0.3) is 0 Å². The molecule has 0 radical (unpaired) electrons. The van der Waals surface area contributed by atoms with Crippen LogP contribution in [0.4, 0.5) is 13.2 Å². The molecule has 2 atom stereocenters. The molecule has 1 aliphatic rings. The highest BCUT2D eigenvalue weighted by Crippen LogP contribution is 2.36. The van der Waals surface area contributed by atoms with Crippen LogP contribution in [0.15, 0.2) is 18.2 Å². The summed E-state index contributed by atoms with van der Waals surface area (Å²) in [6.45, 7) is 4.34. The molecular formula is C16H22F3NO2S. The van der Waals surface area contributed by atoms with Crippen LogP contribution in [-0.2, 0) is 17.4 Å². The molecule has 2 rings (SSSR count). The first-order chi connectivity index (χ1) is 10.6. The first-order valence-corrected chi connectivity index (χ1v) is 8.72. The third-order valence-electron chi connectivity index (χ3n) is 3.66. The summed E-state index contributed by atoms with van der Waals surface area (Å²) >= 11 is 0. The molecule has 1 aliphatic carbocycles. The molecule has 1 aromatic rings. The smallest absolute Gasteiger partial charge is 0.422 e. The van der Waals surface area contributed by atoms with E-state index < -0.39 is 28.5 Å². The molecule has 1 aromatic carbocycles. The molecule has 0 unspecified atom stereocenters. The molecule has 0 spiro atoms. The van der Waals surface area contributed by atoms with Crippen LogP contribution in [0, 0.1) is 0 Å². The lowest BCUT2D eigenvalue weighted by atomic mass is 9.87. The van der Waals surface area contributed by atoms with Crippen molar-refractivity contribution < 1.29 is 22.1 Å². The van der Waals surface area contributed by atoms with Gasteiger partial charge in [0, 0.05) is 6.04 Å². The Bertz CT molecular complexity index is 582. The number of hydrogen-bond acceptors (Lipinski definition) is 2. The van der Waals surface area contributed by atoms with Gasteiger partial charge in [0.1, 0.15) is 5.75 Å². The molecule has 0 aliphatic heterocycles. The molecule has 130 valence electrons. The molecule has 0 amide bonds. The van der Waals surface area contributed by atoms with Gasteiger partial charge >= 0.3 is 6.18 Å². The van der Waals surface area contributed by atoms with Crippen molar-refractivity contribution in [3.8, 4) is 5.75 Å². The summed E-state index contributed by atoms with van der Waals surface area (Å²) in [4.78, 5) is 0. The van der Waals surface area contributed by atoms with Gasteiger partial charge in [-0.1, -0.05) is 12.1 Å². The summed E-state index contributed by atoms with van der Waals surface area (Å²) in [5.74, 6) is 0.271. The summed E-state index contributed by atoms with van der Waals surface area (Å²) in [6.07, 6.45) is -2.07. The Morgan fingerprint density at radius 2 is 2.00 bits per heavy atom. The topological polar surface area (TPSA) is 38.3 Å². The Morgan fingerprint density at radius 1 is 1.30 bits per heavy atom. The van der Waals surface area contributed by atoms with Gasteiger partial charge in [0.2, 0.25) is 0 Å².